The zero-order valence-electron chi connectivity index (χ0n) is 29.7. The van der Waals surface area contributed by atoms with Crippen LogP contribution in [0.25, 0.3) is 0 Å². The second-order valence-electron chi connectivity index (χ2n) is 14.5. The molecule has 0 aliphatic heterocycles. The number of carbonyl (C=O) groups excluding carboxylic acids is 4. The number of ether oxygens (including phenoxy) is 2. The predicted molar refractivity (Wildman–Crippen MR) is 182 cm³/mol. The highest BCUT2D eigenvalue weighted by molar-refractivity contribution is 5.86. The molecule has 1 aliphatic rings. The number of esters is 1. The Morgan fingerprint density at radius 1 is 0.891 bits per heavy atom. The minimum Gasteiger partial charge on any atom is -0.469 e. The lowest BCUT2D eigenvalue weighted by molar-refractivity contribution is -0.145. The molecule has 2 N–H and O–H groups in total. The average molecular weight is 644 g/mol. The van der Waals surface area contributed by atoms with E-state index in [0.29, 0.717) is 12.8 Å². The molecular weight excluding hydrogens is 582 g/mol. The summed E-state index contributed by atoms with van der Waals surface area (Å²) in [6, 6.07) is 9.34. The molecule has 3 amide bonds. The van der Waals surface area contributed by atoms with Crippen LogP contribution >= 0.6 is 0 Å². The molecule has 9 heteroatoms. The molecule has 0 unspecified atom stereocenters. The van der Waals surface area contributed by atoms with E-state index in [1.54, 1.807) is 7.05 Å². The van der Waals surface area contributed by atoms with Gasteiger partial charge in [-0.25, -0.2) is 4.79 Å². The normalized spacial score (nSPS) is 20.2. The Kier molecular flexibility index (Phi) is 16.6. The van der Waals surface area contributed by atoms with E-state index in [1.165, 1.54) is 12.0 Å². The molecule has 0 heterocycles. The highest BCUT2D eigenvalue weighted by Crippen LogP contribution is 2.24. The summed E-state index contributed by atoms with van der Waals surface area (Å²) in [7, 11) is 3.04. The summed E-state index contributed by atoms with van der Waals surface area (Å²) in [5.41, 5.74) is 0.491. The zero-order chi connectivity index (χ0) is 34.3. The second-order valence-corrected chi connectivity index (χ2v) is 14.5. The maximum atomic E-state index is 13.6. The van der Waals surface area contributed by atoms with Crippen molar-refractivity contribution < 1.29 is 28.7 Å². The molecule has 0 aromatic heterocycles. The minimum absolute atomic E-state index is 0.0508. The fraction of sp³-hybridized carbons (Fsp3) is 0.730. The van der Waals surface area contributed by atoms with E-state index in [1.807, 2.05) is 59.7 Å². The monoisotopic (exact) mass is 643 g/mol. The first-order chi connectivity index (χ1) is 21.7. The number of nitrogens with one attached hydrogen (secondary N) is 2. The Bertz CT molecular complexity index is 1070. The van der Waals surface area contributed by atoms with E-state index in [9.17, 15) is 19.2 Å². The lowest BCUT2D eigenvalue weighted by Gasteiger charge is -2.33. The van der Waals surface area contributed by atoms with Crippen molar-refractivity contribution >= 4 is 23.9 Å². The van der Waals surface area contributed by atoms with Gasteiger partial charge >= 0.3 is 12.1 Å². The number of methoxy groups -OCH3 is 1. The van der Waals surface area contributed by atoms with Crippen LogP contribution in [-0.4, -0.2) is 66.7 Å². The summed E-state index contributed by atoms with van der Waals surface area (Å²) in [5.74, 6) is -0.752. The molecule has 1 fully saturated rings. The van der Waals surface area contributed by atoms with Crippen LogP contribution in [0.5, 0.6) is 0 Å². The van der Waals surface area contributed by atoms with Crippen LogP contribution in [0.4, 0.5) is 4.79 Å². The van der Waals surface area contributed by atoms with Gasteiger partial charge in [0.1, 0.15) is 11.6 Å². The molecule has 0 saturated heterocycles. The lowest BCUT2D eigenvalue weighted by atomic mass is 9.90. The van der Waals surface area contributed by atoms with Gasteiger partial charge in [0.25, 0.3) is 0 Å². The van der Waals surface area contributed by atoms with Crippen LogP contribution in [0.2, 0.25) is 0 Å². The molecule has 0 radical (unpaired) electrons. The number of hydrogen-bond donors (Lipinski definition) is 2. The number of nitrogens with zero attached hydrogens (tertiary/aromatic N) is 1. The number of benzene rings is 1. The van der Waals surface area contributed by atoms with Gasteiger partial charge < -0.3 is 20.1 Å². The molecule has 1 aromatic rings. The summed E-state index contributed by atoms with van der Waals surface area (Å²) < 4.78 is 10.5. The number of hydrogen-bond acceptors (Lipinski definition) is 6. The van der Waals surface area contributed by atoms with Crippen LogP contribution in [0.15, 0.2) is 30.3 Å². The van der Waals surface area contributed by atoms with Gasteiger partial charge in [0.2, 0.25) is 11.8 Å². The molecule has 9 nitrogen and oxygen atoms in total. The van der Waals surface area contributed by atoms with Gasteiger partial charge in [0, 0.05) is 25.0 Å². The topological polar surface area (TPSA) is 114 Å². The molecule has 260 valence electrons. The molecule has 0 spiro atoms. The SMILES string of the molecule is COC(=O)[C@@H](C)C[C@H](Cc1ccccc1)NC(=O)C1CCCCCC(NC(=O)[C@H](C(C)C)N(C)C(=O)OC(C)(C)C)CCCCC1. The van der Waals surface area contributed by atoms with E-state index in [2.05, 4.69) is 22.8 Å². The lowest BCUT2D eigenvalue weighted by Crippen LogP contribution is -2.53. The summed E-state index contributed by atoms with van der Waals surface area (Å²) in [5, 5.41) is 6.57. The van der Waals surface area contributed by atoms with Crippen molar-refractivity contribution in [2.24, 2.45) is 17.8 Å². The Hall–Kier alpha value is -3.10. The summed E-state index contributed by atoms with van der Waals surface area (Å²) >= 11 is 0. The summed E-state index contributed by atoms with van der Waals surface area (Å²) in [4.78, 5) is 53.4. The van der Waals surface area contributed by atoms with Crippen molar-refractivity contribution in [2.75, 3.05) is 14.2 Å². The number of amides is 3. The van der Waals surface area contributed by atoms with Gasteiger partial charge in [-0.15, -0.1) is 0 Å². The highest BCUT2D eigenvalue weighted by atomic mass is 16.6. The predicted octanol–water partition coefficient (Wildman–Crippen LogP) is 6.82. The number of rotatable bonds is 11. The molecule has 1 saturated carbocycles. The van der Waals surface area contributed by atoms with Gasteiger partial charge in [-0.2, -0.15) is 0 Å². The van der Waals surface area contributed by atoms with Crippen molar-refractivity contribution in [3.05, 3.63) is 35.9 Å². The second kappa shape index (κ2) is 19.5. The maximum absolute atomic E-state index is 13.6. The van der Waals surface area contributed by atoms with E-state index in [-0.39, 0.29) is 47.6 Å². The maximum Gasteiger partial charge on any atom is 0.410 e. The van der Waals surface area contributed by atoms with Gasteiger partial charge in [0.15, 0.2) is 0 Å². The fourth-order valence-corrected chi connectivity index (χ4v) is 6.41. The molecule has 1 aliphatic carbocycles. The van der Waals surface area contributed by atoms with Crippen LogP contribution in [0, 0.1) is 17.8 Å². The first-order valence-corrected chi connectivity index (χ1v) is 17.4. The third kappa shape index (κ3) is 14.1. The van der Waals surface area contributed by atoms with Gasteiger partial charge in [0.05, 0.1) is 13.0 Å². The van der Waals surface area contributed by atoms with Crippen molar-refractivity contribution in [2.45, 2.75) is 142 Å². The zero-order valence-corrected chi connectivity index (χ0v) is 29.7. The van der Waals surface area contributed by atoms with Crippen molar-refractivity contribution in [3.8, 4) is 0 Å². The third-order valence-corrected chi connectivity index (χ3v) is 8.84. The third-order valence-electron chi connectivity index (χ3n) is 8.84. The van der Waals surface area contributed by atoms with E-state index >= 15 is 0 Å². The smallest absolute Gasteiger partial charge is 0.410 e. The Morgan fingerprint density at radius 2 is 1.46 bits per heavy atom. The number of carbonyl (C=O) groups is 4. The molecule has 1 aromatic carbocycles. The fourth-order valence-electron chi connectivity index (χ4n) is 6.41. The Balaban J connectivity index is 1.97. The largest absolute Gasteiger partial charge is 0.469 e. The summed E-state index contributed by atoms with van der Waals surface area (Å²) in [6.45, 7) is 11.2. The molecule has 46 heavy (non-hydrogen) atoms. The van der Waals surface area contributed by atoms with Crippen LogP contribution in [0.3, 0.4) is 0 Å². The molecule has 0 bridgehead atoms. The first-order valence-electron chi connectivity index (χ1n) is 17.4. The molecule has 3 atom stereocenters. The van der Waals surface area contributed by atoms with Gasteiger partial charge in [-0.05, 0) is 70.8 Å². The minimum atomic E-state index is -0.635. The van der Waals surface area contributed by atoms with Crippen molar-refractivity contribution in [1.29, 1.82) is 0 Å². The van der Waals surface area contributed by atoms with Crippen molar-refractivity contribution in [3.63, 3.8) is 0 Å². The Morgan fingerprint density at radius 3 is 1.98 bits per heavy atom. The van der Waals surface area contributed by atoms with E-state index < -0.39 is 17.7 Å². The van der Waals surface area contributed by atoms with E-state index in [0.717, 1.165) is 69.8 Å². The quantitative estimate of drug-likeness (QED) is 0.256. The van der Waals surface area contributed by atoms with Gasteiger partial charge in [-0.3, -0.25) is 19.3 Å². The molecule has 2 rings (SSSR count). The van der Waals surface area contributed by atoms with Gasteiger partial charge in [-0.1, -0.05) is 89.6 Å². The van der Waals surface area contributed by atoms with E-state index in [4.69, 9.17) is 9.47 Å². The first kappa shape index (κ1) is 39.1. The van der Waals surface area contributed by atoms with Crippen LogP contribution in [0.1, 0.15) is 118 Å². The summed E-state index contributed by atoms with van der Waals surface area (Å²) in [6.07, 6.45) is 9.84. The molecular formula is C37H61N3O6. The standard InChI is InChI=1S/C37H61N3O6/c1-26(2)32(40(7)36(44)46-37(4,5)6)34(42)38-30-22-16-10-14-20-29(21-15-11-17-23-30)33(41)39-31(24-27(3)35(43)45-8)25-28-18-12-9-13-19-28/h9,12-13,18-19,26-27,29-32H,10-11,14-17,20-25H2,1-8H3,(H,38,42)(H,39,41)/t27-,29?,30?,31+,32-/m0/s1. The Labute approximate surface area is 277 Å². The number of likely N-dealkylation sites (N-methyl/N-ethyl adjacent to an activating group) is 1. The van der Waals surface area contributed by atoms with Crippen LogP contribution < -0.4 is 10.6 Å². The highest BCUT2D eigenvalue weighted by Gasteiger charge is 2.33. The average Bonchev–Trinajstić information content (AvgIpc) is 2.97. The van der Waals surface area contributed by atoms with Crippen molar-refractivity contribution in [1.82, 2.24) is 15.5 Å². The van der Waals surface area contributed by atoms with Crippen LogP contribution in [-0.2, 0) is 30.3 Å².